The van der Waals surface area contributed by atoms with Crippen molar-refractivity contribution < 1.29 is 18.0 Å². The van der Waals surface area contributed by atoms with Gasteiger partial charge in [-0.25, -0.2) is 8.42 Å². The minimum Gasteiger partial charge on any atom is -0.350 e. The highest BCUT2D eigenvalue weighted by Crippen LogP contribution is 2.29. The van der Waals surface area contributed by atoms with Gasteiger partial charge in [-0.15, -0.1) is 0 Å². The van der Waals surface area contributed by atoms with Gasteiger partial charge in [0, 0.05) is 18.5 Å². The second-order valence-corrected chi connectivity index (χ2v) is 15.0. The van der Waals surface area contributed by atoms with Crippen molar-refractivity contribution in [1.82, 2.24) is 10.2 Å². The predicted octanol–water partition coefficient (Wildman–Crippen LogP) is 7.36. The Hall–Kier alpha value is -3.85. The maximum Gasteiger partial charge on any atom is 0.264 e. The first kappa shape index (κ1) is 35.0. The third kappa shape index (κ3) is 8.90. The van der Waals surface area contributed by atoms with Gasteiger partial charge < -0.3 is 10.2 Å². The number of benzene rings is 4. The van der Waals surface area contributed by atoms with Crippen LogP contribution < -0.4 is 9.62 Å². The number of carbonyl (C=O) groups is 2. The van der Waals surface area contributed by atoms with Crippen LogP contribution >= 0.6 is 23.2 Å². The molecule has 0 heterocycles. The summed E-state index contributed by atoms with van der Waals surface area (Å²) in [6, 6.07) is 26.9. The van der Waals surface area contributed by atoms with E-state index in [-0.39, 0.29) is 23.8 Å². The number of sulfonamides is 1. The third-order valence-corrected chi connectivity index (χ3v) is 9.86. The summed E-state index contributed by atoms with van der Waals surface area (Å²) < 4.78 is 29.6. The van der Waals surface area contributed by atoms with E-state index < -0.39 is 34.1 Å². The summed E-state index contributed by atoms with van der Waals surface area (Å²) in [6.07, 6.45) is 0.199. The summed E-state index contributed by atoms with van der Waals surface area (Å²) in [5.74, 6) is -0.926. The van der Waals surface area contributed by atoms with E-state index in [0.717, 1.165) is 15.4 Å². The number of carbonyl (C=O) groups excluding carboxylic acids is 2. The van der Waals surface area contributed by atoms with Gasteiger partial charge in [0.25, 0.3) is 10.0 Å². The zero-order valence-electron chi connectivity index (χ0n) is 26.6. The van der Waals surface area contributed by atoms with Crippen LogP contribution in [0.1, 0.15) is 43.0 Å². The number of amides is 2. The van der Waals surface area contributed by atoms with E-state index in [2.05, 4.69) is 5.32 Å². The van der Waals surface area contributed by atoms with Crippen LogP contribution in [-0.2, 0) is 32.6 Å². The maximum atomic E-state index is 14.6. The van der Waals surface area contributed by atoms with Gasteiger partial charge in [-0.2, -0.15) is 0 Å². The monoisotopic (exact) mass is 679 g/mol. The minimum atomic E-state index is -4.19. The van der Waals surface area contributed by atoms with E-state index >= 15 is 0 Å². The van der Waals surface area contributed by atoms with Crippen LogP contribution in [0.25, 0.3) is 0 Å². The van der Waals surface area contributed by atoms with Gasteiger partial charge in [-0.05, 0) is 87.2 Å². The topological polar surface area (TPSA) is 86.8 Å². The minimum absolute atomic E-state index is 0.0171. The van der Waals surface area contributed by atoms with E-state index in [1.807, 2.05) is 70.2 Å². The van der Waals surface area contributed by atoms with Crippen LogP contribution in [0.3, 0.4) is 0 Å². The molecule has 0 aromatic heterocycles. The molecular weight excluding hydrogens is 641 g/mol. The molecule has 0 saturated carbocycles. The number of halogens is 2. The molecule has 0 unspecified atom stereocenters. The Morgan fingerprint density at radius 2 is 1.43 bits per heavy atom. The standard InChI is InChI=1S/C36H39Cl2N3O4S/c1-25-16-17-26(2)32(20-25)41(46(44,45)29-14-10-7-11-15-29)24-34(42)40(23-28-18-19-30(37)31(38)21-28)33(35(43)39-36(3,4)5)22-27-12-8-6-9-13-27/h6-21,33H,22-24H2,1-5H3,(H,39,43)/t33-/m1/s1. The molecule has 0 aliphatic carbocycles. The summed E-state index contributed by atoms with van der Waals surface area (Å²) in [4.78, 5) is 30.1. The lowest BCUT2D eigenvalue weighted by Gasteiger charge is -2.35. The zero-order valence-corrected chi connectivity index (χ0v) is 29.0. The molecule has 0 spiro atoms. The number of anilines is 1. The Kier molecular flexibility index (Phi) is 11.2. The molecule has 1 atom stereocenters. The summed E-state index contributed by atoms with van der Waals surface area (Å²) in [6.45, 7) is 8.70. The number of aryl methyl sites for hydroxylation is 2. The van der Waals surface area contributed by atoms with E-state index in [0.29, 0.717) is 26.9 Å². The maximum absolute atomic E-state index is 14.6. The first-order chi connectivity index (χ1) is 21.7. The predicted molar refractivity (Wildman–Crippen MR) is 186 cm³/mol. The summed E-state index contributed by atoms with van der Waals surface area (Å²) >= 11 is 12.6. The lowest BCUT2D eigenvalue weighted by molar-refractivity contribution is -0.140. The van der Waals surface area contributed by atoms with Gasteiger partial charge in [0.1, 0.15) is 12.6 Å². The smallest absolute Gasteiger partial charge is 0.264 e. The second kappa shape index (κ2) is 14.7. The molecule has 0 bridgehead atoms. The van der Waals surface area contributed by atoms with Crippen molar-refractivity contribution >= 4 is 50.7 Å². The largest absolute Gasteiger partial charge is 0.350 e. The van der Waals surface area contributed by atoms with Crippen molar-refractivity contribution in [2.24, 2.45) is 0 Å². The van der Waals surface area contributed by atoms with Crippen molar-refractivity contribution in [2.45, 2.75) is 64.1 Å². The molecule has 0 aliphatic rings. The molecule has 0 aliphatic heterocycles. The number of hydrogen-bond donors (Lipinski definition) is 1. The molecular formula is C36H39Cl2N3O4S. The molecule has 2 amide bonds. The lowest BCUT2D eigenvalue weighted by Crippen LogP contribution is -2.56. The highest BCUT2D eigenvalue weighted by atomic mass is 35.5. The SMILES string of the molecule is Cc1ccc(C)c(N(CC(=O)N(Cc2ccc(Cl)c(Cl)c2)[C@H](Cc2ccccc2)C(=O)NC(C)(C)C)S(=O)(=O)c2ccccc2)c1. The third-order valence-electron chi connectivity index (χ3n) is 7.35. The van der Waals surface area contributed by atoms with Gasteiger partial charge in [-0.3, -0.25) is 13.9 Å². The van der Waals surface area contributed by atoms with Gasteiger partial charge in [0.05, 0.1) is 20.6 Å². The van der Waals surface area contributed by atoms with Gasteiger partial charge >= 0.3 is 0 Å². The zero-order chi connectivity index (χ0) is 33.6. The first-order valence-electron chi connectivity index (χ1n) is 14.9. The average Bonchev–Trinajstić information content (AvgIpc) is 3.00. The van der Waals surface area contributed by atoms with Crippen molar-refractivity contribution in [3.8, 4) is 0 Å². The average molecular weight is 681 g/mol. The van der Waals surface area contributed by atoms with Gasteiger partial charge in [0.15, 0.2) is 0 Å². The lowest BCUT2D eigenvalue weighted by atomic mass is 10.0. The molecule has 4 rings (SSSR count). The van der Waals surface area contributed by atoms with Crippen molar-refractivity contribution in [2.75, 3.05) is 10.8 Å². The van der Waals surface area contributed by atoms with Crippen LogP contribution in [0.5, 0.6) is 0 Å². The van der Waals surface area contributed by atoms with Crippen LogP contribution in [0.4, 0.5) is 5.69 Å². The highest BCUT2D eigenvalue weighted by molar-refractivity contribution is 7.92. The first-order valence-corrected chi connectivity index (χ1v) is 17.1. The molecule has 4 aromatic rings. The Labute approximate surface area is 282 Å². The normalized spacial score (nSPS) is 12.3. The van der Waals surface area contributed by atoms with E-state index in [1.165, 1.54) is 17.0 Å². The highest BCUT2D eigenvalue weighted by Gasteiger charge is 2.36. The van der Waals surface area contributed by atoms with Crippen LogP contribution in [-0.4, -0.2) is 43.3 Å². The van der Waals surface area contributed by atoms with E-state index in [4.69, 9.17) is 23.2 Å². The molecule has 10 heteroatoms. The molecule has 242 valence electrons. The Morgan fingerprint density at radius 1 is 0.804 bits per heavy atom. The second-order valence-electron chi connectivity index (χ2n) is 12.3. The van der Waals surface area contributed by atoms with Crippen molar-refractivity contribution in [3.63, 3.8) is 0 Å². The molecule has 0 saturated heterocycles. The van der Waals surface area contributed by atoms with Crippen LogP contribution in [0.2, 0.25) is 10.0 Å². The quantitative estimate of drug-likeness (QED) is 0.179. The number of rotatable bonds is 11. The molecule has 0 fully saturated rings. The van der Waals surface area contributed by atoms with E-state index in [1.54, 1.807) is 49.4 Å². The van der Waals surface area contributed by atoms with Gasteiger partial charge in [0.2, 0.25) is 11.8 Å². The molecule has 0 radical (unpaired) electrons. The fraction of sp³-hybridized carbons (Fsp3) is 0.278. The summed E-state index contributed by atoms with van der Waals surface area (Å²) in [5, 5.41) is 3.68. The van der Waals surface area contributed by atoms with Gasteiger partial charge in [-0.1, -0.05) is 89.9 Å². The van der Waals surface area contributed by atoms with Crippen LogP contribution in [0.15, 0.2) is 102 Å². The number of nitrogens with one attached hydrogen (secondary N) is 1. The van der Waals surface area contributed by atoms with E-state index in [9.17, 15) is 18.0 Å². The fourth-order valence-corrected chi connectivity index (χ4v) is 6.87. The molecule has 1 N–H and O–H groups in total. The Balaban J connectivity index is 1.86. The number of nitrogens with zero attached hydrogens (tertiary/aromatic N) is 2. The van der Waals surface area contributed by atoms with Crippen molar-refractivity contribution in [3.05, 3.63) is 129 Å². The molecule has 7 nitrogen and oxygen atoms in total. The summed E-state index contributed by atoms with van der Waals surface area (Å²) in [7, 11) is -4.19. The van der Waals surface area contributed by atoms with Crippen molar-refractivity contribution in [1.29, 1.82) is 0 Å². The van der Waals surface area contributed by atoms with Crippen LogP contribution in [0, 0.1) is 13.8 Å². The molecule has 4 aromatic carbocycles. The fourth-order valence-electron chi connectivity index (χ4n) is 5.06. The Bertz CT molecular complexity index is 1790. The number of hydrogen-bond acceptors (Lipinski definition) is 4. The molecule has 46 heavy (non-hydrogen) atoms. The Morgan fingerprint density at radius 3 is 2.04 bits per heavy atom. The summed E-state index contributed by atoms with van der Waals surface area (Å²) in [5.41, 5.74) is 2.78.